The smallest absolute Gasteiger partial charge is 0.233 e. The molecule has 0 spiro atoms. The Morgan fingerprint density at radius 2 is 2.29 bits per heavy atom. The van der Waals surface area contributed by atoms with Crippen LogP contribution in [0.15, 0.2) is 24.3 Å². The van der Waals surface area contributed by atoms with Gasteiger partial charge in [-0.2, -0.15) is 0 Å². The van der Waals surface area contributed by atoms with Crippen LogP contribution in [0.1, 0.15) is 25.8 Å². The molecular formula is C11H15N5O. The first-order valence-electron chi connectivity index (χ1n) is 5.51. The van der Waals surface area contributed by atoms with E-state index in [2.05, 4.69) is 15.7 Å². The summed E-state index contributed by atoms with van der Waals surface area (Å²) in [6, 6.07) is 7.86. The van der Waals surface area contributed by atoms with Crippen molar-refractivity contribution in [1.29, 1.82) is 0 Å². The van der Waals surface area contributed by atoms with E-state index in [0.717, 1.165) is 11.0 Å². The summed E-state index contributed by atoms with van der Waals surface area (Å²) in [5.41, 5.74) is 3.96. The van der Waals surface area contributed by atoms with Gasteiger partial charge in [-0.1, -0.05) is 17.3 Å². The maximum absolute atomic E-state index is 11.1. The molecule has 3 N–H and O–H groups in total. The van der Waals surface area contributed by atoms with Crippen molar-refractivity contribution >= 4 is 16.9 Å². The van der Waals surface area contributed by atoms with Crippen molar-refractivity contribution in [3.05, 3.63) is 24.3 Å². The maximum Gasteiger partial charge on any atom is 0.233 e. The highest BCUT2D eigenvalue weighted by Gasteiger charge is 2.12. The number of nitrogens with one attached hydrogen (secondary N) is 1. The molecule has 0 aliphatic heterocycles. The molecule has 0 saturated heterocycles. The van der Waals surface area contributed by atoms with Crippen molar-refractivity contribution in [2.75, 3.05) is 0 Å². The molecule has 1 aromatic heterocycles. The van der Waals surface area contributed by atoms with Crippen LogP contribution in [0.25, 0.3) is 11.0 Å². The predicted octanol–water partition coefficient (Wildman–Crippen LogP) is 0.762. The molecule has 0 saturated carbocycles. The van der Waals surface area contributed by atoms with Crippen LogP contribution in [0.5, 0.6) is 0 Å². The molecule has 0 aliphatic carbocycles. The summed E-state index contributed by atoms with van der Waals surface area (Å²) in [5.74, 6) is 4.87. The molecule has 1 amide bonds. The SMILES string of the molecule is CC(CCC(=O)NN)n1nnc2ccccc21. The Labute approximate surface area is 98.8 Å². The highest BCUT2D eigenvalue weighted by Crippen LogP contribution is 2.18. The van der Waals surface area contributed by atoms with Crippen LogP contribution in [-0.2, 0) is 4.79 Å². The number of nitrogens with zero attached hydrogens (tertiary/aromatic N) is 3. The third kappa shape index (κ3) is 2.42. The molecule has 1 unspecified atom stereocenters. The van der Waals surface area contributed by atoms with Crippen LogP contribution < -0.4 is 11.3 Å². The average molecular weight is 233 g/mol. The van der Waals surface area contributed by atoms with Gasteiger partial charge in [0.2, 0.25) is 5.91 Å². The van der Waals surface area contributed by atoms with E-state index in [0.29, 0.717) is 12.8 Å². The van der Waals surface area contributed by atoms with E-state index >= 15 is 0 Å². The Morgan fingerprint density at radius 1 is 1.53 bits per heavy atom. The fourth-order valence-corrected chi connectivity index (χ4v) is 1.75. The van der Waals surface area contributed by atoms with Gasteiger partial charge in [-0.05, 0) is 25.5 Å². The van der Waals surface area contributed by atoms with Crippen molar-refractivity contribution in [2.45, 2.75) is 25.8 Å². The Kier molecular flexibility index (Phi) is 3.34. The molecule has 1 atom stereocenters. The molecule has 0 radical (unpaired) electrons. The number of carbonyl (C=O) groups is 1. The lowest BCUT2D eigenvalue weighted by atomic mass is 10.1. The third-order valence-corrected chi connectivity index (χ3v) is 2.75. The van der Waals surface area contributed by atoms with Crippen molar-refractivity contribution in [2.24, 2.45) is 5.84 Å². The summed E-state index contributed by atoms with van der Waals surface area (Å²) in [7, 11) is 0. The minimum absolute atomic E-state index is 0.111. The topological polar surface area (TPSA) is 85.8 Å². The van der Waals surface area contributed by atoms with Crippen LogP contribution in [-0.4, -0.2) is 20.9 Å². The number of rotatable bonds is 4. The normalized spacial score (nSPS) is 12.6. The second-order valence-electron chi connectivity index (χ2n) is 3.98. The van der Waals surface area contributed by atoms with E-state index in [1.807, 2.05) is 35.9 Å². The number of aromatic nitrogens is 3. The van der Waals surface area contributed by atoms with Crippen molar-refractivity contribution in [3.8, 4) is 0 Å². The van der Waals surface area contributed by atoms with Crippen LogP contribution in [0.2, 0.25) is 0 Å². The maximum atomic E-state index is 11.1. The van der Waals surface area contributed by atoms with Crippen LogP contribution in [0, 0.1) is 0 Å². The van der Waals surface area contributed by atoms with Crippen LogP contribution in [0.4, 0.5) is 0 Å². The molecule has 2 aromatic rings. The quantitative estimate of drug-likeness (QED) is 0.464. The van der Waals surface area contributed by atoms with Gasteiger partial charge in [0.1, 0.15) is 5.52 Å². The largest absolute Gasteiger partial charge is 0.294 e. The van der Waals surface area contributed by atoms with E-state index in [4.69, 9.17) is 5.84 Å². The monoisotopic (exact) mass is 233 g/mol. The van der Waals surface area contributed by atoms with Gasteiger partial charge in [0.25, 0.3) is 0 Å². The zero-order chi connectivity index (χ0) is 12.3. The molecule has 1 heterocycles. The predicted molar refractivity (Wildman–Crippen MR) is 63.8 cm³/mol. The molecular weight excluding hydrogens is 218 g/mol. The Bertz CT molecular complexity index is 521. The number of amides is 1. The number of hydrogen-bond acceptors (Lipinski definition) is 4. The lowest BCUT2D eigenvalue weighted by Gasteiger charge is -2.11. The van der Waals surface area contributed by atoms with Crippen LogP contribution >= 0.6 is 0 Å². The second kappa shape index (κ2) is 4.92. The van der Waals surface area contributed by atoms with E-state index in [9.17, 15) is 4.79 Å². The van der Waals surface area contributed by atoms with Crippen molar-refractivity contribution in [1.82, 2.24) is 20.4 Å². The minimum atomic E-state index is -0.165. The van der Waals surface area contributed by atoms with Gasteiger partial charge in [0.15, 0.2) is 0 Å². The first kappa shape index (κ1) is 11.5. The summed E-state index contributed by atoms with van der Waals surface area (Å²) in [6.45, 7) is 2.00. The van der Waals surface area contributed by atoms with Crippen molar-refractivity contribution in [3.63, 3.8) is 0 Å². The highest BCUT2D eigenvalue weighted by atomic mass is 16.2. The first-order valence-corrected chi connectivity index (χ1v) is 5.51. The number of hydrazine groups is 1. The average Bonchev–Trinajstić information content (AvgIpc) is 2.79. The van der Waals surface area contributed by atoms with E-state index < -0.39 is 0 Å². The van der Waals surface area contributed by atoms with E-state index in [1.54, 1.807) is 0 Å². The fraction of sp³-hybridized carbons (Fsp3) is 0.364. The Balaban J connectivity index is 2.13. The summed E-state index contributed by atoms with van der Waals surface area (Å²) >= 11 is 0. The zero-order valence-corrected chi connectivity index (χ0v) is 9.63. The number of para-hydroxylation sites is 1. The third-order valence-electron chi connectivity index (χ3n) is 2.75. The lowest BCUT2D eigenvalue weighted by Crippen LogP contribution is -2.30. The summed E-state index contributed by atoms with van der Waals surface area (Å²) in [6.07, 6.45) is 1.06. The summed E-state index contributed by atoms with van der Waals surface area (Å²) in [5, 5.41) is 8.18. The van der Waals surface area contributed by atoms with Gasteiger partial charge in [-0.15, -0.1) is 5.10 Å². The molecule has 2 rings (SSSR count). The molecule has 90 valence electrons. The molecule has 0 bridgehead atoms. The molecule has 6 nitrogen and oxygen atoms in total. The van der Waals surface area contributed by atoms with Gasteiger partial charge < -0.3 is 0 Å². The molecule has 0 fully saturated rings. The second-order valence-corrected chi connectivity index (χ2v) is 3.98. The number of fused-ring (bicyclic) bond motifs is 1. The molecule has 17 heavy (non-hydrogen) atoms. The molecule has 0 aliphatic rings. The standard InChI is InChI=1S/C11H15N5O/c1-8(6-7-11(17)13-12)16-10-5-3-2-4-9(10)14-15-16/h2-5,8H,6-7,12H2,1H3,(H,13,17). The highest BCUT2D eigenvalue weighted by molar-refractivity contribution is 5.75. The van der Waals surface area contributed by atoms with Gasteiger partial charge in [0.05, 0.1) is 11.6 Å². The van der Waals surface area contributed by atoms with Crippen molar-refractivity contribution < 1.29 is 4.79 Å². The zero-order valence-electron chi connectivity index (χ0n) is 9.63. The number of benzene rings is 1. The van der Waals surface area contributed by atoms with Gasteiger partial charge in [-0.3, -0.25) is 10.2 Å². The Hall–Kier alpha value is -1.95. The Morgan fingerprint density at radius 3 is 3.06 bits per heavy atom. The number of carbonyl (C=O) groups excluding carboxylic acids is 1. The number of nitrogens with two attached hydrogens (primary N) is 1. The van der Waals surface area contributed by atoms with Gasteiger partial charge >= 0.3 is 0 Å². The van der Waals surface area contributed by atoms with E-state index in [1.165, 1.54) is 0 Å². The first-order chi connectivity index (χ1) is 8.22. The van der Waals surface area contributed by atoms with E-state index in [-0.39, 0.29) is 11.9 Å². The van der Waals surface area contributed by atoms with Gasteiger partial charge in [-0.25, -0.2) is 10.5 Å². The van der Waals surface area contributed by atoms with Gasteiger partial charge in [0, 0.05) is 6.42 Å². The fourth-order valence-electron chi connectivity index (χ4n) is 1.75. The molecule has 6 heteroatoms. The molecule has 1 aromatic carbocycles. The summed E-state index contributed by atoms with van der Waals surface area (Å²) < 4.78 is 1.83. The minimum Gasteiger partial charge on any atom is -0.294 e. The van der Waals surface area contributed by atoms with Crippen LogP contribution in [0.3, 0.4) is 0 Å². The number of hydrogen-bond donors (Lipinski definition) is 2. The summed E-state index contributed by atoms with van der Waals surface area (Å²) in [4.78, 5) is 11.1. The lowest BCUT2D eigenvalue weighted by molar-refractivity contribution is -0.121.